The van der Waals surface area contributed by atoms with Crippen LogP contribution in [0, 0.1) is 11.8 Å². The quantitative estimate of drug-likeness (QED) is 0.490. The van der Waals surface area contributed by atoms with Gasteiger partial charge in [-0.15, -0.1) is 0 Å². The van der Waals surface area contributed by atoms with Gasteiger partial charge < -0.3 is 19.5 Å². The molecule has 1 aliphatic heterocycles. The smallest absolute Gasteiger partial charge is 0.310 e. The lowest BCUT2D eigenvalue weighted by molar-refractivity contribution is -0.145. The van der Waals surface area contributed by atoms with Crippen molar-refractivity contribution in [2.45, 2.75) is 20.4 Å². The van der Waals surface area contributed by atoms with Crippen LogP contribution in [-0.4, -0.2) is 59.7 Å². The number of imidazole rings is 1. The zero-order valence-corrected chi connectivity index (χ0v) is 13.5. The molecule has 1 aliphatic rings. The number of ether oxygens (including phenoxy) is 1. The van der Waals surface area contributed by atoms with Gasteiger partial charge in [-0.1, -0.05) is 6.92 Å². The van der Waals surface area contributed by atoms with E-state index in [2.05, 4.69) is 27.1 Å². The first-order chi connectivity index (χ1) is 10.7. The second-order valence-corrected chi connectivity index (χ2v) is 5.55. The van der Waals surface area contributed by atoms with Crippen LogP contribution in [0.25, 0.3) is 0 Å². The van der Waals surface area contributed by atoms with Gasteiger partial charge in [-0.05, 0) is 12.8 Å². The van der Waals surface area contributed by atoms with Crippen LogP contribution in [0.4, 0.5) is 0 Å². The fraction of sp³-hybridized carbons (Fsp3) is 0.667. The molecule has 2 rings (SSSR count). The van der Waals surface area contributed by atoms with Gasteiger partial charge in [-0.25, -0.2) is 4.98 Å². The number of aliphatic imine (C=N–C) groups is 1. The molecule has 22 heavy (non-hydrogen) atoms. The monoisotopic (exact) mass is 307 g/mol. The van der Waals surface area contributed by atoms with Gasteiger partial charge >= 0.3 is 5.97 Å². The Balaban J connectivity index is 1.97. The first-order valence-corrected chi connectivity index (χ1v) is 7.72. The number of rotatable bonds is 5. The van der Waals surface area contributed by atoms with Crippen LogP contribution in [0.5, 0.6) is 0 Å². The molecule has 1 aromatic heterocycles. The standard InChI is InChI=1S/C15H25N5O2/c1-4-17-15(18-6-8-19-7-5-16-11-19)20-9-12(2)13(10-20)14(21)22-3/h5,7,11-13H,4,6,8-10H2,1-3H3,(H,17,18). The summed E-state index contributed by atoms with van der Waals surface area (Å²) in [7, 11) is 1.45. The first-order valence-electron chi connectivity index (χ1n) is 7.72. The van der Waals surface area contributed by atoms with Crippen LogP contribution in [0.1, 0.15) is 13.8 Å². The zero-order chi connectivity index (χ0) is 15.9. The Morgan fingerprint density at radius 1 is 1.50 bits per heavy atom. The molecule has 1 fully saturated rings. The molecule has 2 heterocycles. The van der Waals surface area contributed by atoms with Crippen molar-refractivity contribution in [3.63, 3.8) is 0 Å². The van der Waals surface area contributed by atoms with Gasteiger partial charge in [0.05, 0.1) is 25.9 Å². The SMILES string of the molecule is CCNC(=NCCn1ccnc1)N1CC(C)C(C(=O)OC)C1. The van der Waals surface area contributed by atoms with Gasteiger partial charge in [0.1, 0.15) is 0 Å². The lowest BCUT2D eigenvalue weighted by atomic mass is 9.99. The normalized spacial score (nSPS) is 22.0. The molecule has 0 bridgehead atoms. The number of carbonyl (C=O) groups is 1. The highest BCUT2D eigenvalue weighted by molar-refractivity contribution is 5.82. The average molecular weight is 307 g/mol. The van der Waals surface area contributed by atoms with Gasteiger partial charge in [0.15, 0.2) is 5.96 Å². The maximum absolute atomic E-state index is 11.8. The molecule has 0 spiro atoms. The molecule has 0 aliphatic carbocycles. The summed E-state index contributed by atoms with van der Waals surface area (Å²) in [5.41, 5.74) is 0. The molecular formula is C15H25N5O2. The van der Waals surface area contributed by atoms with Gasteiger partial charge in [0.25, 0.3) is 0 Å². The lowest BCUT2D eigenvalue weighted by Crippen LogP contribution is -2.40. The van der Waals surface area contributed by atoms with Gasteiger partial charge in [-0.3, -0.25) is 9.79 Å². The van der Waals surface area contributed by atoms with Crippen molar-refractivity contribution in [3.8, 4) is 0 Å². The molecule has 1 saturated heterocycles. The number of nitrogens with zero attached hydrogens (tertiary/aromatic N) is 4. The Hall–Kier alpha value is -2.05. The summed E-state index contributed by atoms with van der Waals surface area (Å²) < 4.78 is 6.88. The molecule has 1 aromatic rings. The van der Waals surface area contributed by atoms with Crippen molar-refractivity contribution in [1.29, 1.82) is 0 Å². The van der Waals surface area contributed by atoms with E-state index < -0.39 is 0 Å². The molecule has 0 saturated carbocycles. The summed E-state index contributed by atoms with van der Waals surface area (Å²) in [6.45, 7) is 7.86. The van der Waals surface area contributed by atoms with Crippen molar-refractivity contribution < 1.29 is 9.53 Å². The van der Waals surface area contributed by atoms with Crippen LogP contribution in [0.15, 0.2) is 23.7 Å². The third-order valence-corrected chi connectivity index (χ3v) is 3.93. The highest BCUT2D eigenvalue weighted by Crippen LogP contribution is 2.24. The maximum atomic E-state index is 11.8. The summed E-state index contributed by atoms with van der Waals surface area (Å²) in [4.78, 5) is 22.6. The summed E-state index contributed by atoms with van der Waals surface area (Å²) in [5.74, 6) is 0.914. The Bertz CT molecular complexity index is 500. The number of hydrogen-bond donors (Lipinski definition) is 1. The summed E-state index contributed by atoms with van der Waals surface area (Å²) >= 11 is 0. The van der Waals surface area contributed by atoms with E-state index in [-0.39, 0.29) is 17.8 Å². The predicted octanol–water partition coefficient (Wildman–Crippen LogP) is 0.590. The number of hydrogen-bond acceptors (Lipinski definition) is 4. The minimum Gasteiger partial charge on any atom is -0.469 e. The molecule has 1 N–H and O–H groups in total. The second kappa shape index (κ2) is 7.82. The van der Waals surface area contributed by atoms with Crippen molar-refractivity contribution >= 4 is 11.9 Å². The van der Waals surface area contributed by atoms with E-state index in [0.29, 0.717) is 13.1 Å². The van der Waals surface area contributed by atoms with E-state index in [4.69, 9.17) is 4.74 Å². The molecule has 2 atom stereocenters. The summed E-state index contributed by atoms with van der Waals surface area (Å²) in [6.07, 6.45) is 5.47. The summed E-state index contributed by atoms with van der Waals surface area (Å²) in [6, 6.07) is 0. The van der Waals surface area contributed by atoms with E-state index in [1.54, 1.807) is 12.5 Å². The Morgan fingerprint density at radius 3 is 2.95 bits per heavy atom. The highest BCUT2D eigenvalue weighted by atomic mass is 16.5. The third-order valence-electron chi connectivity index (χ3n) is 3.93. The van der Waals surface area contributed by atoms with E-state index >= 15 is 0 Å². The van der Waals surface area contributed by atoms with E-state index in [1.807, 2.05) is 17.7 Å². The molecule has 0 radical (unpaired) electrons. The van der Waals surface area contributed by atoms with Crippen molar-refractivity contribution in [2.24, 2.45) is 16.8 Å². The van der Waals surface area contributed by atoms with Gasteiger partial charge in [0.2, 0.25) is 0 Å². The maximum Gasteiger partial charge on any atom is 0.310 e. The van der Waals surface area contributed by atoms with Gasteiger partial charge in [-0.2, -0.15) is 0 Å². The van der Waals surface area contributed by atoms with Crippen LogP contribution in [0.2, 0.25) is 0 Å². The molecule has 122 valence electrons. The fourth-order valence-corrected chi connectivity index (χ4v) is 2.71. The van der Waals surface area contributed by atoms with Crippen LogP contribution < -0.4 is 5.32 Å². The first kappa shape index (κ1) is 16.3. The second-order valence-electron chi connectivity index (χ2n) is 5.55. The van der Waals surface area contributed by atoms with E-state index in [9.17, 15) is 4.79 Å². The number of nitrogens with one attached hydrogen (secondary N) is 1. The Labute approximate surface area is 131 Å². The Kier molecular flexibility index (Phi) is 5.80. The topological polar surface area (TPSA) is 71.8 Å². The lowest BCUT2D eigenvalue weighted by Gasteiger charge is -2.21. The number of aromatic nitrogens is 2. The highest BCUT2D eigenvalue weighted by Gasteiger charge is 2.36. The van der Waals surface area contributed by atoms with Crippen molar-refractivity contribution in [3.05, 3.63) is 18.7 Å². The van der Waals surface area contributed by atoms with E-state index in [0.717, 1.165) is 25.6 Å². The number of likely N-dealkylation sites (tertiary alicyclic amines) is 1. The third kappa shape index (κ3) is 3.99. The number of methoxy groups -OCH3 is 1. The van der Waals surface area contributed by atoms with Crippen molar-refractivity contribution in [2.75, 3.05) is 33.3 Å². The minimum atomic E-state index is -0.135. The predicted molar refractivity (Wildman–Crippen MR) is 84.4 cm³/mol. The fourth-order valence-electron chi connectivity index (χ4n) is 2.71. The largest absolute Gasteiger partial charge is 0.469 e. The number of carbonyl (C=O) groups excluding carboxylic acids is 1. The number of esters is 1. The number of guanidine groups is 1. The molecule has 2 unspecified atom stereocenters. The molecular weight excluding hydrogens is 282 g/mol. The zero-order valence-electron chi connectivity index (χ0n) is 13.5. The van der Waals surface area contributed by atoms with Crippen molar-refractivity contribution in [1.82, 2.24) is 19.8 Å². The van der Waals surface area contributed by atoms with Gasteiger partial charge in [0, 0.05) is 38.6 Å². The minimum absolute atomic E-state index is 0.0810. The molecule has 7 heteroatoms. The van der Waals surface area contributed by atoms with Crippen LogP contribution in [-0.2, 0) is 16.1 Å². The van der Waals surface area contributed by atoms with E-state index in [1.165, 1.54) is 7.11 Å². The molecule has 7 nitrogen and oxygen atoms in total. The Morgan fingerprint density at radius 2 is 2.32 bits per heavy atom. The van der Waals surface area contributed by atoms with Crippen LogP contribution >= 0.6 is 0 Å². The van der Waals surface area contributed by atoms with Crippen LogP contribution in [0.3, 0.4) is 0 Å². The molecule has 0 amide bonds. The average Bonchev–Trinajstić information content (AvgIpc) is 3.15. The summed E-state index contributed by atoms with van der Waals surface area (Å²) in [5, 5.41) is 3.30. The molecule has 0 aromatic carbocycles.